The Bertz CT molecular complexity index is 894. The summed E-state index contributed by atoms with van der Waals surface area (Å²) in [6, 6.07) is 5.56. The van der Waals surface area contributed by atoms with Gasteiger partial charge in [0.2, 0.25) is 5.89 Å². The van der Waals surface area contributed by atoms with E-state index in [4.69, 9.17) is 13.9 Å². The summed E-state index contributed by atoms with van der Waals surface area (Å²) in [6.45, 7) is 7.38. The predicted octanol–water partition coefficient (Wildman–Crippen LogP) is 3.75. The molecule has 1 aromatic heterocycles. The summed E-state index contributed by atoms with van der Waals surface area (Å²) in [7, 11) is 0. The highest BCUT2D eigenvalue weighted by molar-refractivity contribution is 5.94. The summed E-state index contributed by atoms with van der Waals surface area (Å²) in [4.78, 5) is 20.8. The van der Waals surface area contributed by atoms with Gasteiger partial charge in [0.1, 0.15) is 24.9 Å². The summed E-state index contributed by atoms with van der Waals surface area (Å²) in [5, 5.41) is 0. The van der Waals surface area contributed by atoms with Crippen LogP contribution in [0.5, 0.6) is 5.75 Å². The number of piperidine rings is 1. The first-order valence-corrected chi connectivity index (χ1v) is 10.8. The molecule has 0 radical (unpaired) electrons. The average Bonchev–Trinajstić information content (AvgIpc) is 3.30. The fourth-order valence-corrected chi connectivity index (χ4v) is 4.44. The van der Waals surface area contributed by atoms with E-state index in [0.717, 1.165) is 11.3 Å². The molecule has 0 aliphatic carbocycles. The van der Waals surface area contributed by atoms with E-state index in [-0.39, 0.29) is 12.0 Å². The molecule has 2 saturated heterocycles. The van der Waals surface area contributed by atoms with Gasteiger partial charge in [-0.05, 0) is 57.4 Å². The molecule has 1 unspecified atom stereocenters. The van der Waals surface area contributed by atoms with E-state index in [2.05, 4.69) is 4.98 Å². The molecule has 2 aromatic rings. The number of ether oxygens (including phenoxy) is 2. The predicted molar refractivity (Wildman–Crippen MR) is 113 cm³/mol. The molecule has 1 amide bonds. The fraction of sp³-hybridized carbons (Fsp3) is 0.565. The number of aryl methyl sites for hydroxylation is 1. The van der Waals surface area contributed by atoms with Gasteiger partial charge in [-0.15, -0.1) is 0 Å². The lowest BCUT2D eigenvalue weighted by Gasteiger charge is -2.48. The molecular weight excluding hydrogens is 401 g/mol. The number of alkyl halides is 1. The molecule has 7 nitrogen and oxygen atoms in total. The zero-order valence-electron chi connectivity index (χ0n) is 18.3. The lowest BCUT2D eigenvalue weighted by Crippen LogP contribution is -2.58. The van der Waals surface area contributed by atoms with Crippen LogP contribution >= 0.6 is 0 Å². The van der Waals surface area contributed by atoms with Crippen molar-refractivity contribution in [2.75, 3.05) is 33.0 Å². The third-order valence-electron chi connectivity index (χ3n) is 5.97. The monoisotopic (exact) mass is 431 g/mol. The Morgan fingerprint density at radius 2 is 2.13 bits per heavy atom. The SMILES string of the molecule is Cc1cc(C(=O)N2CCC3(CC2)CN(CF)CC(c2ncco2)O3)ccc1OC(C)C. The van der Waals surface area contributed by atoms with Gasteiger partial charge >= 0.3 is 0 Å². The first-order valence-electron chi connectivity index (χ1n) is 10.8. The average molecular weight is 432 g/mol. The van der Waals surface area contributed by atoms with Crippen LogP contribution in [0.25, 0.3) is 0 Å². The summed E-state index contributed by atoms with van der Waals surface area (Å²) in [5.74, 6) is 1.26. The van der Waals surface area contributed by atoms with Crippen LogP contribution < -0.4 is 4.74 Å². The minimum Gasteiger partial charge on any atom is -0.491 e. The lowest BCUT2D eigenvalue weighted by atomic mass is 9.88. The van der Waals surface area contributed by atoms with Crippen molar-refractivity contribution in [2.24, 2.45) is 0 Å². The number of benzene rings is 1. The van der Waals surface area contributed by atoms with Gasteiger partial charge in [0.05, 0.1) is 17.9 Å². The Labute approximate surface area is 182 Å². The van der Waals surface area contributed by atoms with Gasteiger partial charge in [-0.2, -0.15) is 0 Å². The van der Waals surface area contributed by atoms with Crippen molar-refractivity contribution in [2.45, 2.75) is 51.4 Å². The molecule has 168 valence electrons. The maximum Gasteiger partial charge on any atom is 0.253 e. The smallest absolute Gasteiger partial charge is 0.253 e. The molecule has 31 heavy (non-hydrogen) atoms. The van der Waals surface area contributed by atoms with Crippen LogP contribution in [0.4, 0.5) is 4.39 Å². The number of morpholine rings is 1. The molecule has 2 aliphatic heterocycles. The maximum atomic E-state index is 13.6. The number of nitrogens with zero attached hydrogens (tertiary/aromatic N) is 3. The van der Waals surface area contributed by atoms with Crippen LogP contribution in [0.1, 0.15) is 54.6 Å². The molecule has 0 bridgehead atoms. The number of rotatable bonds is 5. The number of carbonyl (C=O) groups excluding carboxylic acids is 1. The first-order chi connectivity index (χ1) is 14.9. The fourth-order valence-electron chi connectivity index (χ4n) is 4.44. The molecule has 2 aliphatic rings. The molecule has 2 fully saturated rings. The van der Waals surface area contributed by atoms with Crippen molar-refractivity contribution in [3.8, 4) is 5.75 Å². The quantitative estimate of drug-likeness (QED) is 0.672. The Morgan fingerprint density at radius 1 is 1.35 bits per heavy atom. The molecule has 0 saturated carbocycles. The standard InChI is InChI=1S/C23H30FN3O4/c1-16(2)30-19-5-4-18(12-17(19)3)22(28)27-9-6-23(7-10-27)14-26(15-24)13-20(31-23)21-25-8-11-29-21/h4-5,8,11-12,16,20H,6-7,9-10,13-15H2,1-3H3. The highest BCUT2D eigenvalue weighted by atomic mass is 19.1. The molecule has 0 N–H and O–H groups in total. The van der Waals surface area contributed by atoms with E-state index in [1.165, 1.54) is 6.26 Å². The highest BCUT2D eigenvalue weighted by Crippen LogP contribution is 2.37. The zero-order valence-corrected chi connectivity index (χ0v) is 18.3. The number of aromatic nitrogens is 1. The number of amides is 1. The number of likely N-dealkylation sites (tertiary alicyclic amines) is 1. The van der Waals surface area contributed by atoms with Crippen LogP contribution in [0.3, 0.4) is 0 Å². The van der Waals surface area contributed by atoms with Gasteiger partial charge in [-0.25, -0.2) is 9.37 Å². The second kappa shape index (κ2) is 8.96. The second-order valence-electron chi connectivity index (χ2n) is 8.73. The molecule has 4 rings (SSSR count). The van der Waals surface area contributed by atoms with Gasteiger partial charge in [0.15, 0.2) is 0 Å². The van der Waals surface area contributed by atoms with Crippen molar-refractivity contribution in [3.05, 3.63) is 47.7 Å². The Morgan fingerprint density at radius 3 is 2.74 bits per heavy atom. The van der Waals surface area contributed by atoms with E-state index in [1.54, 1.807) is 11.1 Å². The summed E-state index contributed by atoms with van der Waals surface area (Å²) < 4.78 is 31.1. The minimum atomic E-state index is -0.547. The zero-order chi connectivity index (χ0) is 22.0. The van der Waals surface area contributed by atoms with Crippen LogP contribution in [0.15, 0.2) is 35.1 Å². The Hall–Kier alpha value is -2.45. The number of oxazole rings is 1. The maximum absolute atomic E-state index is 13.6. The van der Waals surface area contributed by atoms with Crippen molar-refractivity contribution in [1.82, 2.24) is 14.8 Å². The largest absolute Gasteiger partial charge is 0.491 e. The van der Waals surface area contributed by atoms with Crippen LogP contribution in [0.2, 0.25) is 0 Å². The Balaban J connectivity index is 1.42. The van der Waals surface area contributed by atoms with Crippen molar-refractivity contribution in [1.29, 1.82) is 0 Å². The van der Waals surface area contributed by atoms with Crippen LogP contribution in [0, 0.1) is 6.92 Å². The topological polar surface area (TPSA) is 68.0 Å². The Kier molecular flexibility index (Phi) is 6.29. The number of halogens is 1. The van der Waals surface area contributed by atoms with Gasteiger partial charge in [-0.3, -0.25) is 9.69 Å². The molecule has 1 spiro atoms. The van der Waals surface area contributed by atoms with E-state index < -0.39 is 18.5 Å². The number of carbonyl (C=O) groups is 1. The van der Waals surface area contributed by atoms with Gasteiger partial charge < -0.3 is 18.8 Å². The lowest BCUT2D eigenvalue weighted by molar-refractivity contribution is -0.187. The summed E-state index contributed by atoms with van der Waals surface area (Å²) in [6.07, 6.45) is 4.03. The number of hydrogen-bond donors (Lipinski definition) is 0. The van der Waals surface area contributed by atoms with Crippen LogP contribution in [-0.4, -0.2) is 65.4 Å². The summed E-state index contributed by atoms with van der Waals surface area (Å²) in [5.41, 5.74) is 1.08. The van der Waals surface area contributed by atoms with Crippen molar-refractivity contribution < 1.29 is 23.1 Å². The third-order valence-corrected chi connectivity index (χ3v) is 5.97. The van der Waals surface area contributed by atoms with Crippen LogP contribution in [-0.2, 0) is 4.74 Å². The normalized spacial score (nSPS) is 21.6. The van der Waals surface area contributed by atoms with Gasteiger partial charge in [0.25, 0.3) is 5.91 Å². The highest BCUT2D eigenvalue weighted by Gasteiger charge is 2.45. The molecule has 1 aromatic carbocycles. The van der Waals surface area contributed by atoms with E-state index in [9.17, 15) is 9.18 Å². The summed E-state index contributed by atoms with van der Waals surface area (Å²) >= 11 is 0. The third kappa shape index (κ3) is 4.75. The van der Waals surface area contributed by atoms with Crippen molar-refractivity contribution >= 4 is 5.91 Å². The van der Waals surface area contributed by atoms with Gasteiger partial charge in [0, 0.05) is 31.7 Å². The van der Waals surface area contributed by atoms with E-state index in [0.29, 0.717) is 50.5 Å². The van der Waals surface area contributed by atoms with E-state index in [1.807, 2.05) is 43.9 Å². The van der Waals surface area contributed by atoms with Gasteiger partial charge in [-0.1, -0.05) is 0 Å². The molecule has 1 atom stereocenters. The van der Waals surface area contributed by atoms with Crippen molar-refractivity contribution in [3.63, 3.8) is 0 Å². The minimum absolute atomic E-state index is 0.00328. The van der Waals surface area contributed by atoms with E-state index >= 15 is 0 Å². The number of hydrogen-bond acceptors (Lipinski definition) is 6. The molecule has 3 heterocycles. The second-order valence-corrected chi connectivity index (χ2v) is 8.73. The molecule has 8 heteroatoms. The molecular formula is C23H30FN3O4. The first kappa shape index (κ1) is 21.8.